The molecule has 1 aliphatic heterocycles. The average Bonchev–Trinajstić information content (AvgIpc) is 2.64. The van der Waals surface area contributed by atoms with Gasteiger partial charge in [0.05, 0.1) is 0 Å². The van der Waals surface area contributed by atoms with Gasteiger partial charge < -0.3 is 14.5 Å². The molecule has 5 heteroatoms. The van der Waals surface area contributed by atoms with Crippen LogP contribution in [0.3, 0.4) is 0 Å². The number of carbonyl (C=O) groups excluding carboxylic acids is 1. The smallest absolute Gasteiger partial charge is 0.260 e. The van der Waals surface area contributed by atoms with Gasteiger partial charge in [-0.05, 0) is 55.7 Å². The molecule has 132 valence electrons. The van der Waals surface area contributed by atoms with Crippen molar-refractivity contribution in [1.82, 2.24) is 9.88 Å². The minimum Gasteiger partial charge on any atom is -0.483 e. The normalized spacial score (nSPS) is 14.5. The lowest BCUT2D eigenvalue weighted by molar-refractivity contribution is -0.133. The van der Waals surface area contributed by atoms with Crippen molar-refractivity contribution >= 4 is 11.7 Å². The number of carbonyl (C=O) groups is 1. The lowest BCUT2D eigenvalue weighted by atomic mass is 10.1. The molecular formula is C20H25N3O2. The van der Waals surface area contributed by atoms with Crippen LogP contribution in [0.4, 0.5) is 5.82 Å². The summed E-state index contributed by atoms with van der Waals surface area (Å²) in [5.41, 5.74) is 3.48. The lowest BCUT2D eigenvalue weighted by Crippen LogP contribution is -2.50. The molecule has 2 heterocycles. The minimum absolute atomic E-state index is 0.0401. The molecule has 2 aromatic rings. The highest BCUT2D eigenvalue weighted by molar-refractivity contribution is 5.78. The molecule has 25 heavy (non-hydrogen) atoms. The highest BCUT2D eigenvalue weighted by Crippen LogP contribution is 2.22. The Kier molecular flexibility index (Phi) is 5.22. The second-order valence-electron chi connectivity index (χ2n) is 6.55. The van der Waals surface area contributed by atoms with Crippen molar-refractivity contribution in [2.24, 2.45) is 0 Å². The van der Waals surface area contributed by atoms with E-state index in [4.69, 9.17) is 4.74 Å². The van der Waals surface area contributed by atoms with Crippen molar-refractivity contribution in [1.29, 1.82) is 0 Å². The first-order valence-electron chi connectivity index (χ1n) is 8.69. The number of aromatic nitrogens is 1. The number of nitrogens with zero attached hydrogens (tertiary/aromatic N) is 3. The van der Waals surface area contributed by atoms with Crippen LogP contribution in [-0.2, 0) is 4.79 Å². The minimum atomic E-state index is 0.0401. The Hall–Kier alpha value is -2.56. The number of rotatable bonds is 4. The topological polar surface area (TPSA) is 45.7 Å². The molecule has 1 aromatic heterocycles. The van der Waals surface area contributed by atoms with Gasteiger partial charge in [-0.1, -0.05) is 12.1 Å². The van der Waals surface area contributed by atoms with Crippen LogP contribution in [0.5, 0.6) is 5.75 Å². The third-order valence-electron chi connectivity index (χ3n) is 4.75. The van der Waals surface area contributed by atoms with Crippen molar-refractivity contribution in [3.8, 4) is 5.75 Å². The number of ether oxygens (including phenoxy) is 1. The van der Waals surface area contributed by atoms with Crippen LogP contribution in [0.25, 0.3) is 0 Å². The first-order valence-corrected chi connectivity index (χ1v) is 8.69. The predicted octanol–water partition coefficient (Wildman–Crippen LogP) is 2.73. The van der Waals surface area contributed by atoms with Crippen LogP contribution in [0.1, 0.15) is 16.7 Å². The monoisotopic (exact) mass is 339 g/mol. The van der Waals surface area contributed by atoms with Gasteiger partial charge in [-0.3, -0.25) is 4.79 Å². The molecule has 0 radical (unpaired) electrons. The maximum Gasteiger partial charge on any atom is 0.260 e. The zero-order valence-corrected chi connectivity index (χ0v) is 15.2. The van der Waals surface area contributed by atoms with E-state index in [0.29, 0.717) is 13.1 Å². The van der Waals surface area contributed by atoms with E-state index < -0.39 is 0 Å². The fourth-order valence-corrected chi connectivity index (χ4v) is 3.05. The van der Waals surface area contributed by atoms with Crippen molar-refractivity contribution in [3.05, 3.63) is 53.2 Å². The molecule has 0 atom stereocenters. The number of benzene rings is 1. The molecule has 0 unspecified atom stereocenters. The summed E-state index contributed by atoms with van der Waals surface area (Å²) in [6.07, 6.45) is 1.80. The Morgan fingerprint density at radius 2 is 1.76 bits per heavy atom. The molecule has 5 nitrogen and oxygen atoms in total. The molecule has 3 rings (SSSR count). The van der Waals surface area contributed by atoms with Gasteiger partial charge in [0.15, 0.2) is 6.61 Å². The number of anilines is 1. The van der Waals surface area contributed by atoms with Crippen molar-refractivity contribution in [2.45, 2.75) is 20.8 Å². The SMILES string of the molecule is Cc1cc(C)c(OCC(=O)N2CCN(c3ccccn3)CC2)cc1C. The molecule has 0 spiro atoms. The van der Waals surface area contributed by atoms with Gasteiger partial charge in [0.25, 0.3) is 5.91 Å². The molecule has 0 N–H and O–H groups in total. The summed E-state index contributed by atoms with van der Waals surface area (Å²) in [6, 6.07) is 10.0. The molecule has 0 bridgehead atoms. The van der Waals surface area contributed by atoms with E-state index in [-0.39, 0.29) is 12.5 Å². The first-order chi connectivity index (χ1) is 12.0. The highest BCUT2D eigenvalue weighted by Gasteiger charge is 2.22. The van der Waals surface area contributed by atoms with Crippen LogP contribution in [0, 0.1) is 20.8 Å². The fourth-order valence-electron chi connectivity index (χ4n) is 3.05. The second-order valence-corrected chi connectivity index (χ2v) is 6.55. The maximum absolute atomic E-state index is 12.4. The Morgan fingerprint density at radius 3 is 2.44 bits per heavy atom. The quantitative estimate of drug-likeness (QED) is 0.859. The Bertz CT molecular complexity index is 738. The van der Waals surface area contributed by atoms with Crippen LogP contribution in [0.2, 0.25) is 0 Å². The van der Waals surface area contributed by atoms with E-state index in [1.165, 1.54) is 11.1 Å². The molecule has 1 fully saturated rings. The predicted molar refractivity (Wildman–Crippen MR) is 99.2 cm³/mol. The number of hydrogen-bond donors (Lipinski definition) is 0. The van der Waals surface area contributed by atoms with Crippen molar-refractivity contribution in [2.75, 3.05) is 37.7 Å². The largest absolute Gasteiger partial charge is 0.483 e. The van der Waals surface area contributed by atoms with Crippen LogP contribution < -0.4 is 9.64 Å². The summed E-state index contributed by atoms with van der Waals surface area (Å²) in [4.78, 5) is 20.9. The molecule has 0 aliphatic carbocycles. The summed E-state index contributed by atoms with van der Waals surface area (Å²) >= 11 is 0. The van der Waals surface area contributed by atoms with Gasteiger partial charge in [0.2, 0.25) is 0 Å². The fraction of sp³-hybridized carbons (Fsp3) is 0.400. The zero-order valence-electron chi connectivity index (χ0n) is 15.2. The van der Waals surface area contributed by atoms with E-state index in [2.05, 4.69) is 29.8 Å². The number of pyridine rings is 1. The Balaban J connectivity index is 1.52. The maximum atomic E-state index is 12.4. The molecule has 1 aromatic carbocycles. The third-order valence-corrected chi connectivity index (χ3v) is 4.75. The molecule has 1 saturated heterocycles. The Morgan fingerprint density at radius 1 is 1.04 bits per heavy atom. The lowest BCUT2D eigenvalue weighted by Gasteiger charge is -2.35. The van der Waals surface area contributed by atoms with E-state index in [1.54, 1.807) is 6.20 Å². The summed E-state index contributed by atoms with van der Waals surface area (Å²) in [7, 11) is 0. The van der Waals surface area contributed by atoms with E-state index in [1.807, 2.05) is 36.1 Å². The van der Waals surface area contributed by atoms with Crippen LogP contribution in [-0.4, -0.2) is 48.6 Å². The summed E-state index contributed by atoms with van der Waals surface area (Å²) < 4.78 is 5.78. The van der Waals surface area contributed by atoms with Gasteiger partial charge in [-0.25, -0.2) is 4.98 Å². The van der Waals surface area contributed by atoms with Crippen LogP contribution >= 0.6 is 0 Å². The zero-order chi connectivity index (χ0) is 17.8. The number of aryl methyl sites for hydroxylation is 3. The summed E-state index contributed by atoms with van der Waals surface area (Å²) in [5.74, 6) is 1.80. The number of piperazine rings is 1. The Labute approximate surface area is 149 Å². The average molecular weight is 339 g/mol. The van der Waals surface area contributed by atoms with Gasteiger partial charge >= 0.3 is 0 Å². The van der Waals surface area contributed by atoms with Crippen molar-refractivity contribution < 1.29 is 9.53 Å². The van der Waals surface area contributed by atoms with Gasteiger partial charge in [-0.2, -0.15) is 0 Å². The standard InChI is InChI=1S/C20H25N3O2/c1-15-12-17(3)18(13-16(15)2)25-14-20(24)23-10-8-22(9-11-23)19-6-4-5-7-21-19/h4-7,12-13H,8-11,14H2,1-3H3. The molecular weight excluding hydrogens is 314 g/mol. The first kappa shape index (κ1) is 17.3. The third kappa shape index (κ3) is 4.10. The molecule has 0 saturated carbocycles. The molecule has 1 amide bonds. The van der Waals surface area contributed by atoms with E-state index in [0.717, 1.165) is 30.2 Å². The number of amides is 1. The van der Waals surface area contributed by atoms with Gasteiger partial charge in [0.1, 0.15) is 11.6 Å². The van der Waals surface area contributed by atoms with Crippen LogP contribution in [0.15, 0.2) is 36.5 Å². The van der Waals surface area contributed by atoms with E-state index in [9.17, 15) is 4.79 Å². The highest BCUT2D eigenvalue weighted by atomic mass is 16.5. The summed E-state index contributed by atoms with van der Waals surface area (Å²) in [5, 5.41) is 0. The summed E-state index contributed by atoms with van der Waals surface area (Å²) in [6.45, 7) is 9.23. The van der Waals surface area contributed by atoms with Gasteiger partial charge in [-0.15, -0.1) is 0 Å². The van der Waals surface area contributed by atoms with Crippen molar-refractivity contribution in [3.63, 3.8) is 0 Å². The second kappa shape index (κ2) is 7.55. The van der Waals surface area contributed by atoms with E-state index >= 15 is 0 Å². The molecule has 1 aliphatic rings. The van der Waals surface area contributed by atoms with Gasteiger partial charge in [0, 0.05) is 32.4 Å². The number of hydrogen-bond acceptors (Lipinski definition) is 4.